The Morgan fingerprint density at radius 3 is 2.80 bits per heavy atom. The molecule has 0 atom stereocenters. The van der Waals surface area contributed by atoms with Gasteiger partial charge in [-0.3, -0.25) is 4.68 Å². The topological polar surface area (TPSA) is 81.9 Å². The number of carbonyl (C=O) groups is 1. The molecule has 0 bridgehead atoms. The van der Waals surface area contributed by atoms with Crippen molar-refractivity contribution in [2.75, 3.05) is 18.5 Å². The summed E-state index contributed by atoms with van der Waals surface area (Å²) < 4.78 is 7.03. The molecule has 0 unspecified atom stereocenters. The Morgan fingerprint density at radius 2 is 2.12 bits per heavy atom. The van der Waals surface area contributed by atoms with Crippen molar-refractivity contribution in [1.29, 1.82) is 0 Å². The third kappa shape index (κ3) is 3.63. The van der Waals surface area contributed by atoms with Crippen molar-refractivity contribution in [2.24, 2.45) is 0 Å². The second kappa shape index (κ2) is 7.18. The molecule has 25 heavy (non-hydrogen) atoms. The van der Waals surface area contributed by atoms with E-state index in [4.69, 9.17) is 4.74 Å². The van der Waals surface area contributed by atoms with E-state index in [1.807, 2.05) is 37.8 Å². The van der Waals surface area contributed by atoms with E-state index in [2.05, 4.69) is 20.4 Å². The van der Waals surface area contributed by atoms with Crippen molar-refractivity contribution in [3.05, 3.63) is 34.2 Å². The molecule has 3 aromatic rings. The fraction of sp³-hybridized carbons (Fsp3) is 0.412. The molecule has 0 saturated heterocycles. The van der Waals surface area contributed by atoms with Crippen LogP contribution in [0.15, 0.2) is 12.4 Å². The molecule has 3 heterocycles. The number of esters is 1. The largest absolute Gasteiger partial charge is 0.462 e. The van der Waals surface area contributed by atoms with E-state index in [-0.39, 0.29) is 5.97 Å². The Hall–Kier alpha value is -2.48. The Balaban J connectivity index is 1.87. The molecule has 7 nitrogen and oxygen atoms in total. The first-order valence-corrected chi connectivity index (χ1v) is 8.99. The molecule has 0 aromatic carbocycles. The van der Waals surface area contributed by atoms with Gasteiger partial charge in [0, 0.05) is 12.7 Å². The van der Waals surface area contributed by atoms with E-state index in [0.717, 1.165) is 33.7 Å². The Labute approximate surface area is 150 Å². The van der Waals surface area contributed by atoms with E-state index in [1.165, 1.54) is 11.3 Å². The molecule has 0 aliphatic rings. The number of carbonyl (C=O) groups excluding carboxylic acids is 1. The van der Waals surface area contributed by atoms with Gasteiger partial charge in [-0.1, -0.05) is 0 Å². The monoisotopic (exact) mass is 359 g/mol. The van der Waals surface area contributed by atoms with E-state index in [9.17, 15) is 4.79 Å². The van der Waals surface area contributed by atoms with Gasteiger partial charge in [0.25, 0.3) is 0 Å². The number of fused-ring (bicyclic) bond motifs is 1. The summed E-state index contributed by atoms with van der Waals surface area (Å²) in [4.78, 5) is 22.5. The smallest absolute Gasteiger partial charge is 0.348 e. The lowest BCUT2D eigenvalue weighted by Gasteiger charge is -2.08. The minimum absolute atomic E-state index is 0.307. The maximum atomic E-state index is 12.1. The molecular formula is C17H21N5O2S. The number of aryl methyl sites for hydroxylation is 3. The fourth-order valence-electron chi connectivity index (χ4n) is 2.64. The van der Waals surface area contributed by atoms with Crippen LogP contribution >= 0.6 is 11.3 Å². The van der Waals surface area contributed by atoms with Gasteiger partial charge in [0.15, 0.2) is 0 Å². The highest BCUT2D eigenvalue weighted by Crippen LogP contribution is 2.34. The van der Waals surface area contributed by atoms with E-state index < -0.39 is 0 Å². The van der Waals surface area contributed by atoms with Crippen molar-refractivity contribution in [3.8, 4) is 0 Å². The zero-order valence-electron chi connectivity index (χ0n) is 14.8. The van der Waals surface area contributed by atoms with Gasteiger partial charge in [0.1, 0.15) is 21.3 Å². The zero-order valence-corrected chi connectivity index (χ0v) is 15.6. The third-order valence-corrected chi connectivity index (χ3v) is 4.92. The molecule has 8 heteroatoms. The molecule has 0 spiro atoms. The normalized spacial score (nSPS) is 11.0. The zero-order chi connectivity index (χ0) is 18.0. The highest BCUT2D eigenvalue weighted by molar-refractivity contribution is 7.20. The van der Waals surface area contributed by atoms with Gasteiger partial charge in [-0.25, -0.2) is 14.8 Å². The predicted molar refractivity (Wildman–Crippen MR) is 98.3 cm³/mol. The van der Waals surface area contributed by atoms with Crippen molar-refractivity contribution in [3.63, 3.8) is 0 Å². The average molecular weight is 359 g/mol. The minimum Gasteiger partial charge on any atom is -0.462 e. The predicted octanol–water partition coefficient (Wildman–Crippen LogP) is 3.10. The summed E-state index contributed by atoms with van der Waals surface area (Å²) in [7, 11) is 0. The van der Waals surface area contributed by atoms with Crippen LogP contribution in [0.4, 0.5) is 5.82 Å². The van der Waals surface area contributed by atoms with Gasteiger partial charge in [-0.2, -0.15) is 5.10 Å². The number of aromatic nitrogens is 4. The number of thiophene rings is 1. The summed E-state index contributed by atoms with van der Waals surface area (Å²) in [6.07, 6.45) is 3.83. The van der Waals surface area contributed by atoms with E-state index in [0.29, 0.717) is 23.9 Å². The number of ether oxygens (including phenoxy) is 1. The number of rotatable bonds is 6. The van der Waals surface area contributed by atoms with Crippen molar-refractivity contribution >= 4 is 33.3 Å². The summed E-state index contributed by atoms with van der Waals surface area (Å²) in [5, 5.41) is 8.52. The number of hydrogen-bond donors (Lipinski definition) is 1. The molecule has 3 rings (SSSR count). The molecule has 0 radical (unpaired) electrons. The number of nitrogens with one attached hydrogen (secondary N) is 1. The number of hydrogen-bond acceptors (Lipinski definition) is 7. The van der Waals surface area contributed by atoms with Gasteiger partial charge in [-0.15, -0.1) is 11.3 Å². The standard InChI is InChI=1S/C17H21N5O2S/c1-5-24-17(23)14-11(3)13-15(20-12(4)21-16(13)25-14)18-6-7-22-9-10(2)8-19-22/h8-9H,5-7H2,1-4H3,(H,18,20,21). The van der Waals surface area contributed by atoms with Gasteiger partial charge in [0.05, 0.1) is 24.7 Å². The molecule has 132 valence electrons. The van der Waals surface area contributed by atoms with Crippen LogP contribution in [0.2, 0.25) is 0 Å². The first-order chi connectivity index (χ1) is 12.0. The second-order valence-electron chi connectivity index (χ2n) is 5.78. The van der Waals surface area contributed by atoms with E-state index >= 15 is 0 Å². The molecule has 1 N–H and O–H groups in total. The highest BCUT2D eigenvalue weighted by atomic mass is 32.1. The quantitative estimate of drug-likeness (QED) is 0.681. The maximum Gasteiger partial charge on any atom is 0.348 e. The van der Waals surface area contributed by atoms with E-state index in [1.54, 1.807) is 6.92 Å². The average Bonchev–Trinajstić information content (AvgIpc) is 3.11. The van der Waals surface area contributed by atoms with Gasteiger partial charge >= 0.3 is 5.97 Å². The van der Waals surface area contributed by atoms with Crippen molar-refractivity contribution in [2.45, 2.75) is 34.2 Å². The van der Waals surface area contributed by atoms with Crippen molar-refractivity contribution in [1.82, 2.24) is 19.7 Å². The lowest BCUT2D eigenvalue weighted by molar-refractivity contribution is 0.0531. The van der Waals surface area contributed by atoms with Crippen LogP contribution in [0.5, 0.6) is 0 Å². The van der Waals surface area contributed by atoms with Crippen LogP contribution in [0.3, 0.4) is 0 Å². The first kappa shape index (κ1) is 17.3. The summed E-state index contributed by atoms with van der Waals surface area (Å²) in [6.45, 7) is 9.33. The Bertz CT molecular complexity index is 915. The fourth-order valence-corrected chi connectivity index (χ4v) is 3.76. The van der Waals surface area contributed by atoms with Crippen LogP contribution in [0, 0.1) is 20.8 Å². The SMILES string of the molecule is CCOC(=O)c1sc2nc(C)nc(NCCn3cc(C)cn3)c2c1C. The summed E-state index contributed by atoms with van der Waals surface area (Å²) in [6, 6.07) is 0. The summed E-state index contributed by atoms with van der Waals surface area (Å²) in [5.41, 5.74) is 1.99. The lowest BCUT2D eigenvalue weighted by atomic mass is 10.2. The maximum absolute atomic E-state index is 12.1. The van der Waals surface area contributed by atoms with Crippen LogP contribution in [-0.2, 0) is 11.3 Å². The molecule has 0 aliphatic carbocycles. The number of anilines is 1. The van der Waals surface area contributed by atoms with Crippen LogP contribution < -0.4 is 5.32 Å². The van der Waals surface area contributed by atoms with Gasteiger partial charge in [-0.05, 0) is 38.8 Å². The Morgan fingerprint density at radius 1 is 1.32 bits per heavy atom. The number of nitrogens with zero attached hydrogens (tertiary/aromatic N) is 4. The van der Waals surface area contributed by atoms with Gasteiger partial charge in [0.2, 0.25) is 0 Å². The van der Waals surface area contributed by atoms with Gasteiger partial charge < -0.3 is 10.1 Å². The molecular weight excluding hydrogens is 338 g/mol. The lowest BCUT2D eigenvalue weighted by Crippen LogP contribution is -2.12. The molecule has 0 aliphatic heterocycles. The molecule has 0 fully saturated rings. The first-order valence-electron chi connectivity index (χ1n) is 8.17. The van der Waals surface area contributed by atoms with Crippen LogP contribution in [-0.4, -0.2) is 38.9 Å². The van der Waals surface area contributed by atoms with Crippen LogP contribution in [0.25, 0.3) is 10.2 Å². The Kier molecular flexibility index (Phi) is 4.98. The summed E-state index contributed by atoms with van der Waals surface area (Å²) >= 11 is 1.35. The molecule has 0 saturated carbocycles. The third-order valence-electron chi connectivity index (χ3n) is 3.76. The minimum atomic E-state index is -0.307. The summed E-state index contributed by atoms with van der Waals surface area (Å²) in [5.74, 6) is 1.11. The second-order valence-corrected chi connectivity index (χ2v) is 6.78. The van der Waals surface area contributed by atoms with Crippen LogP contribution in [0.1, 0.15) is 33.5 Å². The highest BCUT2D eigenvalue weighted by Gasteiger charge is 2.20. The van der Waals surface area contributed by atoms with Crippen molar-refractivity contribution < 1.29 is 9.53 Å². The molecule has 3 aromatic heterocycles. The molecule has 0 amide bonds.